The monoisotopic (exact) mass is 279 g/mol. The summed E-state index contributed by atoms with van der Waals surface area (Å²) in [5.74, 6) is 0. The number of likely N-dealkylation sites (N-methyl/N-ethyl adjacent to an activating group) is 1. The number of hydrogen-bond donors (Lipinski definition) is 1. The van der Waals surface area contributed by atoms with Gasteiger partial charge in [0.25, 0.3) is 0 Å². The van der Waals surface area contributed by atoms with Crippen LogP contribution in [0.15, 0.2) is 24.3 Å². The first kappa shape index (κ1) is 12.9. The Kier molecular flexibility index (Phi) is 2.52. The third-order valence-electron chi connectivity index (χ3n) is 5.28. The lowest BCUT2D eigenvalue weighted by Gasteiger charge is -2.36. The average molecular weight is 279 g/mol. The van der Waals surface area contributed by atoms with Crippen LogP contribution in [0.4, 0.5) is 0 Å². The SMILES string of the molecule is Cc1c2c(c(C)c3c1[nH]c1ccccc13)C[N+](C)(C)CC2. The van der Waals surface area contributed by atoms with Gasteiger partial charge in [-0.2, -0.15) is 0 Å². The normalized spacial score (nSPS) is 17.3. The number of aromatic nitrogens is 1. The Labute approximate surface area is 126 Å². The summed E-state index contributed by atoms with van der Waals surface area (Å²) in [7, 11) is 4.69. The molecular weight excluding hydrogens is 256 g/mol. The molecule has 2 heterocycles. The standard InChI is InChI=1S/C19H23N2/c1-12-16-11-21(3,4)10-9-14(16)13(2)19-18(12)15-7-5-6-8-17(15)20-19/h5-8,20H,9-11H2,1-4H3/q+1. The second kappa shape index (κ2) is 4.11. The number of aromatic amines is 1. The number of H-pyrrole nitrogens is 1. The summed E-state index contributed by atoms with van der Waals surface area (Å²) >= 11 is 0. The second-order valence-corrected chi connectivity index (χ2v) is 7.20. The Bertz CT molecular complexity index is 868. The van der Waals surface area contributed by atoms with Gasteiger partial charge < -0.3 is 9.47 Å². The lowest BCUT2D eigenvalue weighted by Crippen LogP contribution is -2.44. The maximum Gasteiger partial charge on any atom is 0.105 e. The summed E-state index contributed by atoms with van der Waals surface area (Å²) in [6.45, 7) is 6.99. The van der Waals surface area contributed by atoms with Crippen LogP contribution in [0, 0.1) is 13.8 Å². The minimum atomic E-state index is 1.10. The van der Waals surface area contributed by atoms with Crippen LogP contribution in [-0.4, -0.2) is 30.1 Å². The molecule has 108 valence electrons. The molecule has 0 bridgehead atoms. The molecule has 2 aromatic carbocycles. The second-order valence-electron chi connectivity index (χ2n) is 7.20. The van der Waals surface area contributed by atoms with Crippen molar-refractivity contribution in [2.45, 2.75) is 26.8 Å². The van der Waals surface area contributed by atoms with Crippen LogP contribution >= 0.6 is 0 Å². The lowest BCUT2D eigenvalue weighted by atomic mass is 9.87. The summed E-state index contributed by atoms with van der Waals surface area (Å²) in [6.07, 6.45) is 1.19. The van der Waals surface area contributed by atoms with Crippen LogP contribution in [0.25, 0.3) is 21.8 Å². The van der Waals surface area contributed by atoms with Crippen molar-refractivity contribution in [3.63, 3.8) is 0 Å². The molecular formula is C19H23N2+. The topological polar surface area (TPSA) is 15.8 Å². The third kappa shape index (κ3) is 1.75. The van der Waals surface area contributed by atoms with Gasteiger partial charge in [-0.3, -0.25) is 0 Å². The number of hydrogen-bond acceptors (Lipinski definition) is 0. The van der Waals surface area contributed by atoms with Crippen molar-refractivity contribution in [2.75, 3.05) is 20.6 Å². The zero-order valence-electron chi connectivity index (χ0n) is 13.4. The maximum absolute atomic E-state index is 3.65. The first-order valence-electron chi connectivity index (χ1n) is 7.81. The molecule has 0 aliphatic carbocycles. The molecule has 0 spiro atoms. The number of quaternary nitrogens is 1. The summed E-state index contributed by atoms with van der Waals surface area (Å²) in [6, 6.07) is 8.69. The van der Waals surface area contributed by atoms with Crippen molar-refractivity contribution in [1.82, 2.24) is 4.98 Å². The molecule has 0 saturated carbocycles. The molecule has 0 atom stereocenters. The van der Waals surface area contributed by atoms with E-state index < -0.39 is 0 Å². The zero-order valence-corrected chi connectivity index (χ0v) is 13.4. The molecule has 4 rings (SSSR count). The van der Waals surface area contributed by atoms with Gasteiger partial charge in [0, 0.05) is 33.8 Å². The molecule has 1 aliphatic heterocycles. The van der Waals surface area contributed by atoms with Crippen LogP contribution in [-0.2, 0) is 13.0 Å². The maximum atomic E-state index is 3.65. The van der Waals surface area contributed by atoms with Gasteiger partial charge >= 0.3 is 0 Å². The molecule has 0 saturated heterocycles. The highest BCUT2D eigenvalue weighted by Gasteiger charge is 2.29. The molecule has 0 amide bonds. The van der Waals surface area contributed by atoms with E-state index in [1.165, 1.54) is 45.9 Å². The number of para-hydroxylation sites is 1. The van der Waals surface area contributed by atoms with Crippen LogP contribution in [0.3, 0.4) is 0 Å². The Balaban J connectivity index is 2.15. The van der Waals surface area contributed by atoms with E-state index in [9.17, 15) is 0 Å². The highest BCUT2D eigenvalue weighted by Crippen LogP contribution is 2.37. The Hall–Kier alpha value is -1.80. The molecule has 2 heteroatoms. The molecule has 21 heavy (non-hydrogen) atoms. The fourth-order valence-corrected chi connectivity index (χ4v) is 4.04. The molecule has 2 nitrogen and oxygen atoms in total. The number of nitrogens with zero attached hydrogens (tertiary/aromatic N) is 1. The molecule has 1 aromatic heterocycles. The van der Waals surface area contributed by atoms with Gasteiger partial charge in [0.1, 0.15) is 6.54 Å². The largest absolute Gasteiger partial charge is 0.354 e. The van der Waals surface area contributed by atoms with Crippen LogP contribution in [0.5, 0.6) is 0 Å². The number of benzene rings is 2. The predicted octanol–water partition coefficient (Wildman–Crippen LogP) is 4.07. The molecule has 0 fully saturated rings. The van der Waals surface area contributed by atoms with Crippen molar-refractivity contribution in [1.29, 1.82) is 0 Å². The van der Waals surface area contributed by atoms with Crippen LogP contribution < -0.4 is 0 Å². The Morgan fingerprint density at radius 1 is 1.00 bits per heavy atom. The first-order chi connectivity index (χ1) is 9.98. The molecule has 3 aromatic rings. The van der Waals surface area contributed by atoms with E-state index in [2.05, 4.69) is 57.2 Å². The Morgan fingerprint density at radius 3 is 2.57 bits per heavy atom. The summed E-state index contributed by atoms with van der Waals surface area (Å²) in [5.41, 5.74) is 8.72. The number of rotatable bonds is 0. The van der Waals surface area contributed by atoms with Crippen molar-refractivity contribution in [2.24, 2.45) is 0 Å². The van der Waals surface area contributed by atoms with E-state index in [1.54, 1.807) is 11.1 Å². The fourth-order valence-electron chi connectivity index (χ4n) is 4.04. The summed E-state index contributed by atoms with van der Waals surface area (Å²) < 4.78 is 1.10. The highest BCUT2D eigenvalue weighted by molar-refractivity contribution is 6.10. The van der Waals surface area contributed by atoms with Gasteiger partial charge in [-0.25, -0.2) is 0 Å². The predicted molar refractivity (Wildman–Crippen MR) is 89.7 cm³/mol. The van der Waals surface area contributed by atoms with E-state index in [0.717, 1.165) is 11.0 Å². The minimum absolute atomic E-state index is 1.10. The Morgan fingerprint density at radius 2 is 1.76 bits per heavy atom. The summed E-state index contributed by atoms with van der Waals surface area (Å²) in [4.78, 5) is 3.65. The number of aryl methyl sites for hydroxylation is 2. The first-order valence-corrected chi connectivity index (χ1v) is 7.81. The molecule has 1 aliphatic rings. The minimum Gasteiger partial charge on any atom is -0.354 e. The van der Waals surface area contributed by atoms with Crippen molar-refractivity contribution in [3.05, 3.63) is 46.5 Å². The van der Waals surface area contributed by atoms with Gasteiger partial charge in [0.2, 0.25) is 0 Å². The van der Waals surface area contributed by atoms with Crippen molar-refractivity contribution in [3.8, 4) is 0 Å². The van der Waals surface area contributed by atoms with E-state index in [4.69, 9.17) is 0 Å². The van der Waals surface area contributed by atoms with E-state index in [-0.39, 0.29) is 0 Å². The van der Waals surface area contributed by atoms with Gasteiger partial charge in [-0.15, -0.1) is 0 Å². The smallest absolute Gasteiger partial charge is 0.105 e. The van der Waals surface area contributed by atoms with E-state index >= 15 is 0 Å². The quantitative estimate of drug-likeness (QED) is 0.597. The van der Waals surface area contributed by atoms with Crippen LogP contribution in [0.2, 0.25) is 0 Å². The van der Waals surface area contributed by atoms with Gasteiger partial charge in [0.15, 0.2) is 0 Å². The van der Waals surface area contributed by atoms with Crippen molar-refractivity contribution < 1.29 is 4.48 Å². The number of nitrogens with one attached hydrogen (secondary N) is 1. The van der Waals surface area contributed by atoms with Gasteiger partial charge in [-0.05, 0) is 36.6 Å². The van der Waals surface area contributed by atoms with Gasteiger partial charge in [0.05, 0.1) is 20.6 Å². The average Bonchev–Trinajstić information content (AvgIpc) is 2.83. The van der Waals surface area contributed by atoms with E-state index in [0.29, 0.717) is 0 Å². The van der Waals surface area contributed by atoms with Gasteiger partial charge in [-0.1, -0.05) is 18.2 Å². The van der Waals surface area contributed by atoms with Crippen molar-refractivity contribution >= 4 is 21.8 Å². The van der Waals surface area contributed by atoms with Crippen LogP contribution in [0.1, 0.15) is 22.3 Å². The molecule has 1 N–H and O–H groups in total. The number of fused-ring (bicyclic) bond motifs is 4. The molecule has 0 unspecified atom stereocenters. The van der Waals surface area contributed by atoms with E-state index in [1.807, 2.05) is 0 Å². The lowest BCUT2D eigenvalue weighted by molar-refractivity contribution is -0.905. The molecule has 0 radical (unpaired) electrons. The fraction of sp³-hybridized carbons (Fsp3) is 0.368. The summed E-state index contributed by atoms with van der Waals surface area (Å²) in [5, 5.41) is 2.80. The zero-order chi connectivity index (χ0) is 14.8. The highest BCUT2D eigenvalue weighted by atomic mass is 15.3. The third-order valence-corrected chi connectivity index (χ3v) is 5.28.